The van der Waals surface area contributed by atoms with Gasteiger partial charge in [0, 0.05) is 87.8 Å². The molecule has 0 unspecified atom stereocenters. The maximum atomic E-state index is 13.8. The summed E-state index contributed by atoms with van der Waals surface area (Å²) in [5.41, 5.74) is 4.25. The number of benzene rings is 4. The van der Waals surface area contributed by atoms with Crippen LogP contribution in [0.5, 0.6) is 0 Å². The van der Waals surface area contributed by atoms with E-state index in [0.29, 0.717) is 61.8 Å². The summed E-state index contributed by atoms with van der Waals surface area (Å²) in [5.74, 6) is -1.09. The van der Waals surface area contributed by atoms with Crippen molar-refractivity contribution in [3.05, 3.63) is 82.9 Å². The molecule has 0 N–H and O–H groups in total. The topological polar surface area (TPSA) is 106 Å². The molecule has 9 rings (SSSR count). The molecular weight excluding hydrogens is 660 g/mol. The minimum Gasteiger partial charge on any atom is -0.378 e. The monoisotopic (exact) mass is 701 g/mol. The fraction of sp³-hybridized carbons (Fsp3) is 0.375. The van der Waals surface area contributed by atoms with Gasteiger partial charge in [0.15, 0.2) is 0 Å². The molecule has 2 saturated heterocycles. The standard InChI is InChI=1S/C40H41N6O6/c47-37-29-6-1-4-27-33(43-18-22-51-23-19-43)10-8-31(35(27)29)39(49)45(37)16-14-41-12-3-13-42(26-41)15-17-46-38(48)30-7-2-5-28-34(44-20-24-52-25-21-44)11-9-32(36(28)30)40(46)50/h1-2,4-11,26H,3,12-25H2/q+1. The van der Waals surface area contributed by atoms with E-state index >= 15 is 0 Å². The van der Waals surface area contributed by atoms with Crippen LogP contribution >= 0.6 is 0 Å². The maximum absolute atomic E-state index is 13.8. The van der Waals surface area contributed by atoms with E-state index in [-0.39, 0.29) is 36.7 Å². The third-order valence-electron chi connectivity index (χ3n) is 11.1. The zero-order chi connectivity index (χ0) is 35.3. The summed E-state index contributed by atoms with van der Waals surface area (Å²) in [7, 11) is 0. The van der Waals surface area contributed by atoms with Gasteiger partial charge in [-0.2, -0.15) is 0 Å². The summed E-state index contributed by atoms with van der Waals surface area (Å²) < 4.78 is 13.2. The number of morpholine rings is 2. The first-order valence-corrected chi connectivity index (χ1v) is 18.3. The lowest BCUT2D eigenvalue weighted by Gasteiger charge is -2.33. The molecule has 0 radical (unpaired) electrons. The number of carbonyl (C=O) groups excluding carboxylic acids is 4. The Bertz CT molecular complexity index is 2130. The molecule has 52 heavy (non-hydrogen) atoms. The molecule has 0 bridgehead atoms. The van der Waals surface area contributed by atoms with Crippen molar-refractivity contribution in [2.24, 2.45) is 0 Å². The van der Waals surface area contributed by atoms with Crippen molar-refractivity contribution in [3.63, 3.8) is 0 Å². The highest BCUT2D eigenvalue weighted by Gasteiger charge is 2.36. The van der Waals surface area contributed by atoms with Crippen LogP contribution in [0.4, 0.5) is 11.4 Å². The molecule has 12 heteroatoms. The van der Waals surface area contributed by atoms with Gasteiger partial charge in [0.05, 0.1) is 52.6 Å². The number of rotatable bonds is 8. The van der Waals surface area contributed by atoms with E-state index < -0.39 is 0 Å². The summed E-state index contributed by atoms with van der Waals surface area (Å²) in [6.07, 6.45) is 2.88. The Morgan fingerprint density at radius 2 is 1.02 bits per heavy atom. The van der Waals surface area contributed by atoms with Gasteiger partial charge in [-0.25, -0.2) is 0 Å². The van der Waals surface area contributed by atoms with Gasteiger partial charge in [-0.15, -0.1) is 0 Å². The van der Waals surface area contributed by atoms with E-state index in [0.717, 1.165) is 78.6 Å². The Hall–Kier alpha value is -5.33. The molecule has 0 aliphatic carbocycles. The van der Waals surface area contributed by atoms with Gasteiger partial charge in [0.25, 0.3) is 23.6 Å². The first kappa shape index (κ1) is 32.6. The van der Waals surface area contributed by atoms with Gasteiger partial charge in [-0.05, 0) is 36.4 Å². The van der Waals surface area contributed by atoms with Crippen LogP contribution in [0.3, 0.4) is 0 Å². The van der Waals surface area contributed by atoms with Gasteiger partial charge >= 0.3 is 0 Å². The third kappa shape index (κ3) is 5.48. The second kappa shape index (κ2) is 13.3. The second-order valence-corrected chi connectivity index (χ2v) is 14.0. The number of hydrogen-bond donors (Lipinski definition) is 0. The lowest BCUT2D eigenvalue weighted by atomic mass is 9.92. The normalized spacial score (nSPS) is 19.3. The average molecular weight is 702 g/mol. The molecular formula is C40H41N6O6+. The van der Waals surface area contributed by atoms with Gasteiger partial charge in [0.1, 0.15) is 13.1 Å². The van der Waals surface area contributed by atoms with Crippen molar-refractivity contribution in [3.8, 4) is 0 Å². The SMILES string of the molecule is O=C1c2cccc3c(N4CCOCC4)ccc(c23)C(=O)N1CCN1C=[N+](CCN2C(=O)c3cccc4c(N5CCOCC5)ccc(c34)C2=O)CCC1. The highest BCUT2D eigenvalue weighted by Crippen LogP contribution is 2.38. The zero-order valence-corrected chi connectivity index (χ0v) is 29.1. The maximum Gasteiger partial charge on any atom is 0.261 e. The first-order valence-electron chi connectivity index (χ1n) is 18.3. The van der Waals surface area contributed by atoms with E-state index in [1.807, 2.05) is 67.0 Å². The first-order chi connectivity index (χ1) is 25.5. The molecule has 0 saturated carbocycles. The Morgan fingerprint density at radius 3 is 1.54 bits per heavy atom. The summed E-state index contributed by atoms with van der Waals surface area (Å²) in [6.45, 7) is 8.68. The lowest BCUT2D eigenvalue weighted by Crippen LogP contribution is -2.47. The van der Waals surface area contributed by atoms with Crippen LogP contribution in [0.15, 0.2) is 60.7 Å². The number of ether oxygens (including phenoxy) is 2. The van der Waals surface area contributed by atoms with Crippen LogP contribution in [0, 0.1) is 0 Å². The predicted molar refractivity (Wildman–Crippen MR) is 197 cm³/mol. The van der Waals surface area contributed by atoms with Gasteiger partial charge < -0.3 is 19.3 Å². The smallest absolute Gasteiger partial charge is 0.261 e. The summed E-state index contributed by atoms with van der Waals surface area (Å²) in [6, 6.07) is 19.1. The molecule has 4 aromatic rings. The van der Waals surface area contributed by atoms with Crippen LogP contribution < -0.4 is 9.80 Å². The molecule has 0 atom stereocenters. The molecule has 5 aliphatic rings. The van der Waals surface area contributed by atoms with E-state index in [1.54, 1.807) is 0 Å². The van der Waals surface area contributed by atoms with Crippen LogP contribution in [-0.2, 0) is 9.47 Å². The summed E-state index contributed by atoms with van der Waals surface area (Å²) in [5, 5.41) is 3.29. The molecule has 266 valence electrons. The van der Waals surface area contributed by atoms with Crippen molar-refractivity contribution in [1.29, 1.82) is 0 Å². The van der Waals surface area contributed by atoms with Crippen LogP contribution in [0.1, 0.15) is 47.9 Å². The van der Waals surface area contributed by atoms with E-state index in [1.165, 1.54) is 9.80 Å². The fourth-order valence-corrected chi connectivity index (χ4v) is 8.45. The number of amides is 4. The highest BCUT2D eigenvalue weighted by molar-refractivity contribution is 6.28. The van der Waals surface area contributed by atoms with Gasteiger partial charge in [-0.3, -0.25) is 38.5 Å². The predicted octanol–water partition coefficient (Wildman–Crippen LogP) is 3.30. The molecule has 2 fully saturated rings. The van der Waals surface area contributed by atoms with Crippen molar-refractivity contribution in [1.82, 2.24) is 14.7 Å². The Balaban J connectivity index is 0.882. The fourth-order valence-electron chi connectivity index (χ4n) is 8.45. The molecule has 12 nitrogen and oxygen atoms in total. The third-order valence-corrected chi connectivity index (χ3v) is 11.1. The largest absolute Gasteiger partial charge is 0.378 e. The van der Waals surface area contributed by atoms with Gasteiger partial charge in [-0.1, -0.05) is 24.3 Å². The highest BCUT2D eigenvalue weighted by atomic mass is 16.5. The van der Waals surface area contributed by atoms with E-state index in [4.69, 9.17) is 9.47 Å². The zero-order valence-electron chi connectivity index (χ0n) is 29.1. The van der Waals surface area contributed by atoms with E-state index in [9.17, 15) is 19.2 Å². The molecule has 5 aliphatic heterocycles. The second-order valence-electron chi connectivity index (χ2n) is 14.0. The van der Waals surface area contributed by atoms with Crippen molar-refractivity contribution in [2.45, 2.75) is 6.42 Å². The number of nitrogens with zero attached hydrogens (tertiary/aromatic N) is 6. The van der Waals surface area contributed by atoms with Crippen molar-refractivity contribution < 1.29 is 33.2 Å². The lowest BCUT2D eigenvalue weighted by molar-refractivity contribution is -0.532. The number of carbonyl (C=O) groups is 4. The molecule has 0 spiro atoms. The van der Waals surface area contributed by atoms with Crippen molar-refractivity contribution >= 4 is 62.9 Å². The number of anilines is 2. The quantitative estimate of drug-likeness (QED) is 0.202. The Morgan fingerprint density at radius 1 is 0.538 bits per heavy atom. The molecule has 4 aromatic carbocycles. The summed E-state index contributed by atoms with van der Waals surface area (Å²) in [4.78, 5) is 64.5. The summed E-state index contributed by atoms with van der Waals surface area (Å²) >= 11 is 0. The van der Waals surface area contributed by atoms with Crippen molar-refractivity contribution in [2.75, 3.05) is 102 Å². The van der Waals surface area contributed by atoms with Gasteiger partial charge in [0.2, 0.25) is 6.34 Å². The Kier molecular flexibility index (Phi) is 8.35. The average Bonchev–Trinajstić information content (AvgIpc) is 3.19. The molecule has 5 heterocycles. The molecule has 0 aromatic heterocycles. The molecule has 4 amide bonds. The van der Waals surface area contributed by atoms with Crippen LogP contribution in [0.25, 0.3) is 21.5 Å². The Labute approximate surface area is 301 Å². The van der Waals surface area contributed by atoms with Crippen LogP contribution in [-0.4, -0.2) is 141 Å². The minimum absolute atomic E-state index is 0.249. The minimum atomic E-state index is -0.273. The number of imide groups is 2. The number of hydrogen-bond acceptors (Lipinski definition) is 9. The van der Waals surface area contributed by atoms with E-state index in [2.05, 4.69) is 19.3 Å². The van der Waals surface area contributed by atoms with Crippen LogP contribution in [0.2, 0.25) is 0 Å².